The molecule has 1 rings (SSSR count). The molecule has 0 aromatic heterocycles. The van der Waals surface area contributed by atoms with Gasteiger partial charge in [-0.25, -0.2) is 13.1 Å². The fourth-order valence-electron chi connectivity index (χ4n) is 1.79. The highest BCUT2D eigenvalue weighted by Gasteiger charge is 2.31. The first-order chi connectivity index (χ1) is 11.6. The number of amides is 1. The number of ether oxygens (including phenoxy) is 1. The lowest BCUT2D eigenvalue weighted by molar-refractivity contribution is -0.274. The molecular formula is C14H21ClF3N3O4S. The van der Waals surface area contributed by atoms with Crippen molar-refractivity contribution in [1.82, 2.24) is 10.0 Å². The maximum absolute atomic E-state index is 12.1. The number of alkyl halides is 3. The topological polar surface area (TPSA) is 111 Å². The second-order valence-electron chi connectivity index (χ2n) is 5.01. The summed E-state index contributed by atoms with van der Waals surface area (Å²) in [7, 11) is -3.93. The summed E-state index contributed by atoms with van der Waals surface area (Å²) < 4.78 is 66.0. The Kier molecular flexibility index (Phi) is 10.5. The molecular weight excluding hydrogens is 399 g/mol. The molecule has 26 heavy (non-hydrogen) atoms. The van der Waals surface area contributed by atoms with Crippen molar-refractivity contribution in [2.24, 2.45) is 5.73 Å². The number of hydrogen-bond acceptors (Lipinski definition) is 5. The van der Waals surface area contributed by atoms with Crippen LogP contribution in [0.4, 0.5) is 13.2 Å². The fourth-order valence-corrected chi connectivity index (χ4v) is 2.82. The van der Waals surface area contributed by atoms with Gasteiger partial charge in [-0.1, -0.05) is 0 Å². The van der Waals surface area contributed by atoms with Crippen molar-refractivity contribution in [3.63, 3.8) is 0 Å². The Morgan fingerprint density at radius 2 is 1.73 bits per heavy atom. The second kappa shape index (κ2) is 11.2. The van der Waals surface area contributed by atoms with Crippen molar-refractivity contribution in [2.45, 2.75) is 30.5 Å². The van der Waals surface area contributed by atoms with Crippen LogP contribution in [0.15, 0.2) is 29.2 Å². The van der Waals surface area contributed by atoms with Gasteiger partial charge in [0, 0.05) is 19.5 Å². The Labute approximate surface area is 155 Å². The molecule has 0 spiro atoms. The van der Waals surface area contributed by atoms with Crippen LogP contribution >= 0.6 is 12.4 Å². The van der Waals surface area contributed by atoms with E-state index in [1.807, 2.05) is 0 Å². The van der Waals surface area contributed by atoms with E-state index in [0.29, 0.717) is 13.1 Å². The van der Waals surface area contributed by atoms with Gasteiger partial charge in [0.15, 0.2) is 0 Å². The van der Waals surface area contributed by atoms with E-state index in [2.05, 4.69) is 14.8 Å². The zero-order valence-electron chi connectivity index (χ0n) is 13.7. The molecule has 0 bridgehead atoms. The minimum Gasteiger partial charge on any atom is -0.406 e. The van der Waals surface area contributed by atoms with E-state index in [1.54, 1.807) is 0 Å². The average molecular weight is 420 g/mol. The van der Waals surface area contributed by atoms with Crippen molar-refractivity contribution >= 4 is 28.3 Å². The first kappa shape index (κ1) is 24.4. The maximum Gasteiger partial charge on any atom is 0.573 e. The molecule has 1 aromatic rings. The van der Waals surface area contributed by atoms with Crippen molar-refractivity contribution < 1.29 is 31.1 Å². The summed E-state index contributed by atoms with van der Waals surface area (Å²) in [5.74, 6) is -0.836. The SMILES string of the molecule is Cl.NCCCCNC(=O)CCNS(=O)(=O)c1ccc(OC(F)(F)F)cc1. The van der Waals surface area contributed by atoms with Gasteiger partial charge in [0.05, 0.1) is 4.90 Å². The van der Waals surface area contributed by atoms with E-state index in [0.717, 1.165) is 37.1 Å². The number of nitrogens with two attached hydrogens (primary N) is 1. The van der Waals surface area contributed by atoms with Crippen molar-refractivity contribution in [3.05, 3.63) is 24.3 Å². The minimum atomic E-state index is -4.85. The summed E-state index contributed by atoms with van der Waals surface area (Å²) in [6, 6.07) is 3.75. The predicted octanol–water partition coefficient (Wildman–Crippen LogP) is 1.53. The lowest BCUT2D eigenvalue weighted by Crippen LogP contribution is -2.31. The van der Waals surface area contributed by atoms with Gasteiger partial charge in [-0.3, -0.25) is 4.79 Å². The number of benzene rings is 1. The number of nitrogens with one attached hydrogen (secondary N) is 2. The first-order valence-electron chi connectivity index (χ1n) is 7.46. The standard InChI is InChI=1S/C14H20F3N3O4S.ClH/c15-14(16,17)24-11-3-5-12(6-4-11)25(22,23)20-10-7-13(21)19-9-2-1-8-18;/h3-6,20H,1-2,7-10,18H2,(H,19,21);1H. The smallest absolute Gasteiger partial charge is 0.406 e. The highest BCUT2D eigenvalue weighted by molar-refractivity contribution is 7.89. The minimum absolute atomic E-state index is 0. The molecule has 1 aromatic carbocycles. The summed E-state index contributed by atoms with van der Waals surface area (Å²) in [6.07, 6.45) is -3.39. The Hall–Kier alpha value is -1.56. The van der Waals surface area contributed by atoms with Crippen LogP contribution in [0.1, 0.15) is 19.3 Å². The summed E-state index contributed by atoms with van der Waals surface area (Å²) in [5.41, 5.74) is 5.32. The quantitative estimate of drug-likeness (QED) is 0.498. The zero-order chi connectivity index (χ0) is 18.9. The molecule has 0 aliphatic rings. The van der Waals surface area contributed by atoms with Crippen LogP contribution in [0.5, 0.6) is 5.75 Å². The van der Waals surface area contributed by atoms with Gasteiger partial charge in [0.1, 0.15) is 5.75 Å². The normalized spacial score (nSPS) is 11.5. The zero-order valence-corrected chi connectivity index (χ0v) is 15.3. The van der Waals surface area contributed by atoms with E-state index in [9.17, 15) is 26.4 Å². The summed E-state index contributed by atoms with van der Waals surface area (Å²) in [6.45, 7) is 0.859. The fraction of sp³-hybridized carbons (Fsp3) is 0.500. The highest BCUT2D eigenvalue weighted by Crippen LogP contribution is 2.23. The lowest BCUT2D eigenvalue weighted by Gasteiger charge is -2.10. The lowest BCUT2D eigenvalue weighted by atomic mass is 10.3. The molecule has 1 amide bonds. The molecule has 0 aliphatic carbocycles. The Bertz CT molecular complexity index is 654. The molecule has 0 aliphatic heterocycles. The monoisotopic (exact) mass is 419 g/mol. The van der Waals surface area contributed by atoms with E-state index in [-0.39, 0.29) is 36.2 Å². The highest BCUT2D eigenvalue weighted by atomic mass is 35.5. The molecule has 12 heteroatoms. The number of carbonyl (C=O) groups is 1. The van der Waals surface area contributed by atoms with Crippen LogP contribution in [-0.2, 0) is 14.8 Å². The largest absolute Gasteiger partial charge is 0.573 e. The Balaban J connectivity index is 0.00000625. The number of rotatable bonds is 10. The molecule has 0 fully saturated rings. The van der Waals surface area contributed by atoms with Gasteiger partial charge in [-0.15, -0.1) is 25.6 Å². The number of unbranched alkanes of at least 4 members (excludes halogenated alkanes) is 1. The summed E-state index contributed by atoms with van der Waals surface area (Å²) in [5, 5.41) is 2.62. The molecule has 0 atom stereocenters. The van der Waals surface area contributed by atoms with Crippen LogP contribution in [0, 0.1) is 0 Å². The number of carbonyl (C=O) groups excluding carboxylic acids is 1. The molecule has 0 unspecified atom stereocenters. The Morgan fingerprint density at radius 3 is 2.27 bits per heavy atom. The molecule has 0 radical (unpaired) electrons. The molecule has 0 heterocycles. The van der Waals surface area contributed by atoms with Crippen LogP contribution in [0.3, 0.4) is 0 Å². The molecule has 4 N–H and O–H groups in total. The van der Waals surface area contributed by atoms with Crippen molar-refractivity contribution in [3.8, 4) is 5.75 Å². The van der Waals surface area contributed by atoms with Gasteiger partial charge in [0.25, 0.3) is 0 Å². The molecule has 7 nitrogen and oxygen atoms in total. The van der Waals surface area contributed by atoms with Gasteiger partial charge in [-0.05, 0) is 43.7 Å². The van der Waals surface area contributed by atoms with E-state index >= 15 is 0 Å². The third-order valence-electron chi connectivity index (χ3n) is 2.96. The Morgan fingerprint density at radius 1 is 1.12 bits per heavy atom. The maximum atomic E-state index is 12.1. The van der Waals surface area contributed by atoms with Gasteiger partial charge < -0.3 is 15.8 Å². The third kappa shape index (κ3) is 9.80. The second-order valence-corrected chi connectivity index (χ2v) is 6.78. The number of halogens is 4. The van der Waals surface area contributed by atoms with Gasteiger partial charge in [-0.2, -0.15) is 0 Å². The van der Waals surface area contributed by atoms with Crippen molar-refractivity contribution in [2.75, 3.05) is 19.6 Å². The van der Waals surface area contributed by atoms with E-state index in [4.69, 9.17) is 5.73 Å². The van der Waals surface area contributed by atoms with Gasteiger partial charge >= 0.3 is 6.36 Å². The van der Waals surface area contributed by atoms with Crippen LogP contribution < -0.4 is 20.5 Å². The summed E-state index contributed by atoms with van der Waals surface area (Å²) >= 11 is 0. The number of sulfonamides is 1. The van der Waals surface area contributed by atoms with E-state index < -0.39 is 22.1 Å². The van der Waals surface area contributed by atoms with Crippen LogP contribution in [-0.4, -0.2) is 40.3 Å². The average Bonchev–Trinajstić information content (AvgIpc) is 2.50. The summed E-state index contributed by atoms with van der Waals surface area (Å²) in [4.78, 5) is 11.3. The molecule has 0 saturated heterocycles. The van der Waals surface area contributed by atoms with Crippen molar-refractivity contribution in [1.29, 1.82) is 0 Å². The van der Waals surface area contributed by atoms with Crippen LogP contribution in [0.2, 0.25) is 0 Å². The van der Waals surface area contributed by atoms with Crippen LogP contribution in [0.25, 0.3) is 0 Å². The predicted molar refractivity (Wildman–Crippen MR) is 91.5 cm³/mol. The molecule has 0 saturated carbocycles. The third-order valence-corrected chi connectivity index (χ3v) is 4.44. The number of hydrogen-bond donors (Lipinski definition) is 3. The first-order valence-corrected chi connectivity index (χ1v) is 8.94. The van der Waals surface area contributed by atoms with E-state index in [1.165, 1.54) is 0 Å². The molecule has 150 valence electrons. The van der Waals surface area contributed by atoms with Gasteiger partial charge in [0.2, 0.25) is 15.9 Å².